The Labute approximate surface area is 252 Å². The molecule has 0 aliphatic carbocycles. The van der Waals surface area contributed by atoms with Crippen LogP contribution >= 0.6 is 0 Å². The maximum Gasteiger partial charge on any atom is 0.417 e. The Bertz CT molecular complexity index is 1560. The highest BCUT2D eigenvalue weighted by molar-refractivity contribution is 5.97. The summed E-state index contributed by atoms with van der Waals surface area (Å²) in [5.41, 5.74) is 3.14. The van der Waals surface area contributed by atoms with Crippen molar-refractivity contribution >= 4 is 12.0 Å². The summed E-state index contributed by atoms with van der Waals surface area (Å²) in [6, 6.07) is 35.3. The van der Waals surface area contributed by atoms with Crippen molar-refractivity contribution in [2.75, 3.05) is 26.8 Å². The van der Waals surface area contributed by atoms with Crippen LogP contribution in [-0.2, 0) is 22.7 Å². The van der Waals surface area contributed by atoms with Crippen LogP contribution in [0.5, 0.6) is 11.5 Å². The predicted octanol–water partition coefficient (Wildman–Crippen LogP) is 6.60. The van der Waals surface area contributed by atoms with E-state index in [1.54, 1.807) is 7.11 Å². The number of hydrogen-bond acceptors (Lipinski definition) is 6. The van der Waals surface area contributed by atoms with Crippen molar-refractivity contribution in [2.24, 2.45) is 5.41 Å². The number of carbonyl (C=O) groups is 2. The van der Waals surface area contributed by atoms with Gasteiger partial charge < -0.3 is 14.2 Å². The molecule has 2 heterocycles. The Morgan fingerprint density at radius 1 is 0.860 bits per heavy atom. The van der Waals surface area contributed by atoms with Gasteiger partial charge in [-0.05, 0) is 41.3 Å². The molecule has 4 aromatic rings. The van der Waals surface area contributed by atoms with E-state index in [1.807, 2.05) is 104 Å². The van der Waals surface area contributed by atoms with Crippen LogP contribution in [0.4, 0.5) is 4.79 Å². The second-order valence-electron chi connectivity index (χ2n) is 11.5. The van der Waals surface area contributed by atoms with Gasteiger partial charge in [-0.2, -0.15) is 0 Å². The van der Waals surface area contributed by atoms with Crippen LogP contribution in [0.1, 0.15) is 41.1 Å². The molecule has 0 aromatic heterocycles. The number of amides is 2. The minimum Gasteiger partial charge on any atom is -0.493 e. The number of rotatable bonds is 9. The minimum absolute atomic E-state index is 0.142. The van der Waals surface area contributed by atoms with Gasteiger partial charge in [-0.25, -0.2) is 9.69 Å². The molecular formula is C36H36N2O5. The average molecular weight is 577 g/mol. The lowest BCUT2D eigenvalue weighted by molar-refractivity contribution is -0.139. The molecule has 2 fully saturated rings. The van der Waals surface area contributed by atoms with Crippen molar-refractivity contribution in [1.29, 1.82) is 0 Å². The zero-order valence-corrected chi connectivity index (χ0v) is 24.5. The van der Waals surface area contributed by atoms with Gasteiger partial charge in [0, 0.05) is 25.6 Å². The monoisotopic (exact) mass is 576 g/mol. The molecule has 2 aliphatic rings. The van der Waals surface area contributed by atoms with E-state index in [2.05, 4.69) is 17.0 Å². The lowest BCUT2D eigenvalue weighted by Gasteiger charge is -2.34. The van der Waals surface area contributed by atoms with Crippen molar-refractivity contribution in [1.82, 2.24) is 9.80 Å². The molecule has 7 nitrogen and oxygen atoms in total. The second-order valence-corrected chi connectivity index (χ2v) is 11.5. The minimum atomic E-state index is -0.906. The van der Waals surface area contributed by atoms with Gasteiger partial charge in [0.1, 0.15) is 19.3 Å². The number of imide groups is 1. The Hall–Kier alpha value is -4.62. The molecular weight excluding hydrogens is 540 g/mol. The van der Waals surface area contributed by atoms with Gasteiger partial charge in [0.2, 0.25) is 5.91 Å². The first-order valence-electron chi connectivity index (χ1n) is 14.6. The van der Waals surface area contributed by atoms with Crippen LogP contribution in [0.25, 0.3) is 0 Å². The highest BCUT2D eigenvalue weighted by Gasteiger charge is 2.54. The lowest BCUT2D eigenvalue weighted by Crippen LogP contribution is -2.47. The first-order valence-corrected chi connectivity index (χ1v) is 14.6. The highest BCUT2D eigenvalue weighted by atomic mass is 16.6. The molecule has 0 saturated carbocycles. The summed E-state index contributed by atoms with van der Waals surface area (Å²) >= 11 is 0. The fraction of sp³-hybridized carbons (Fsp3) is 0.278. The van der Waals surface area contributed by atoms with Crippen LogP contribution in [0.2, 0.25) is 0 Å². The highest BCUT2D eigenvalue weighted by Crippen LogP contribution is 2.48. The number of hydrogen-bond donors (Lipinski definition) is 0. The molecule has 0 bridgehead atoms. The van der Waals surface area contributed by atoms with Crippen LogP contribution in [0.15, 0.2) is 109 Å². The van der Waals surface area contributed by atoms with Gasteiger partial charge in [0.15, 0.2) is 11.5 Å². The number of ether oxygens (including phenoxy) is 3. The number of methoxy groups -OCH3 is 1. The van der Waals surface area contributed by atoms with Crippen molar-refractivity contribution < 1.29 is 23.8 Å². The van der Waals surface area contributed by atoms with E-state index in [0.29, 0.717) is 37.7 Å². The van der Waals surface area contributed by atoms with E-state index in [4.69, 9.17) is 14.2 Å². The normalized spacial score (nSPS) is 21.9. The fourth-order valence-electron chi connectivity index (χ4n) is 6.35. The summed E-state index contributed by atoms with van der Waals surface area (Å²) in [5.74, 6) is 0.799. The molecule has 220 valence electrons. The van der Waals surface area contributed by atoms with Crippen LogP contribution in [0.3, 0.4) is 0 Å². The maximum absolute atomic E-state index is 14.6. The zero-order chi connectivity index (χ0) is 29.8. The quantitative estimate of drug-likeness (QED) is 0.224. The molecule has 1 unspecified atom stereocenters. The molecule has 43 heavy (non-hydrogen) atoms. The molecule has 6 rings (SSSR count). The smallest absolute Gasteiger partial charge is 0.417 e. The van der Waals surface area contributed by atoms with Gasteiger partial charge in [-0.15, -0.1) is 0 Å². The summed E-state index contributed by atoms with van der Waals surface area (Å²) < 4.78 is 17.3. The largest absolute Gasteiger partial charge is 0.493 e. The SMILES string of the molecule is COc1ccc([C@@H]2CN(Cc3ccccc3)C[C@@]2(C)C(=O)N2C(=O)OCC2c2ccccc2)cc1OCc1ccccc1. The van der Waals surface area contributed by atoms with Gasteiger partial charge in [-0.1, -0.05) is 97.1 Å². The van der Waals surface area contributed by atoms with Gasteiger partial charge in [0.25, 0.3) is 0 Å². The molecule has 0 radical (unpaired) electrons. The van der Waals surface area contributed by atoms with Crippen molar-refractivity contribution in [2.45, 2.75) is 32.0 Å². The summed E-state index contributed by atoms with van der Waals surface area (Å²) in [6.07, 6.45) is -0.595. The predicted molar refractivity (Wildman–Crippen MR) is 164 cm³/mol. The number of nitrogens with zero attached hydrogens (tertiary/aromatic N) is 2. The Kier molecular flexibility index (Phi) is 8.16. The Morgan fingerprint density at radius 3 is 2.19 bits per heavy atom. The Balaban J connectivity index is 1.35. The Morgan fingerprint density at radius 2 is 1.51 bits per heavy atom. The summed E-state index contributed by atoms with van der Waals surface area (Å²) in [4.78, 5) is 31.3. The van der Waals surface area contributed by atoms with Crippen LogP contribution in [0, 0.1) is 5.41 Å². The summed E-state index contributed by atoms with van der Waals surface area (Å²) in [7, 11) is 1.62. The standard InChI is InChI=1S/C36H36N2O5/c1-36(34(39)38-31(24-43-35(38)40)28-16-10-5-11-17-28)25-37(21-26-12-6-3-7-13-26)22-30(36)29-18-19-32(41-2)33(20-29)42-23-27-14-8-4-9-15-27/h3-20,30-31H,21-25H2,1-2H3/t30-,31?,36+/m0/s1. The molecule has 0 spiro atoms. The first-order chi connectivity index (χ1) is 21.0. The molecule has 3 atom stereocenters. The fourth-order valence-corrected chi connectivity index (χ4v) is 6.35. The van der Waals surface area contributed by atoms with E-state index < -0.39 is 17.6 Å². The van der Waals surface area contributed by atoms with Crippen molar-refractivity contribution in [3.63, 3.8) is 0 Å². The summed E-state index contributed by atoms with van der Waals surface area (Å²) in [5, 5.41) is 0. The number of benzene rings is 4. The van der Waals surface area contributed by atoms with Crippen molar-refractivity contribution in [3.05, 3.63) is 131 Å². The van der Waals surface area contributed by atoms with E-state index >= 15 is 0 Å². The topological polar surface area (TPSA) is 68.3 Å². The van der Waals surface area contributed by atoms with Crippen LogP contribution in [-0.4, -0.2) is 48.6 Å². The third-order valence-corrected chi connectivity index (χ3v) is 8.60. The first kappa shape index (κ1) is 28.5. The second kappa shape index (κ2) is 12.3. The van der Waals surface area contributed by atoms with E-state index in [9.17, 15) is 9.59 Å². The van der Waals surface area contributed by atoms with Crippen LogP contribution < -0.4 is 9.47 Å². The van der Waals surface area contributed by atoms with E-state index in [0.717, 1.165) is 16.7 Å². The molecule has 4 aromatic carbocycles. The van der Waals surface area contributed by atoms with Crippen molar-refractivity contribution in [3.8, 4) is 11.5 Å². The molecule has 7 heteroatoms. The zero-order valence-electron chi connectivity index (χ0n) is 24.5. The maximum atomic E-state index is 14.6. The van der Waals surface area contributed by atoms with Gasteiger partial charge in [0.05, 0.1) is 12.5 Å². The van der Waals surface area contributed by atoms with Gasteiger partial charge in [-0.3, -0.25) is 9.69 Å². The molecule has 0 N–H and O–H groups in total. The summed E-state index contributed by atoms with van der Waals surface area (Å²) in [6.45, 7) is 4.33. The number of cyclic esters (lactones) is 1. The molecule has 2 aliphatic heterocycles. The number of carbonyl (C=O) groups excluding carboxylic acids is 2. The molecule has 2 saturated heterocycles. The van der Waals surface area contributed by atoms with E-state index in [-0.39, 0.29) is 18.4 Å². The third-order valence-electron chi connectivity index (χ3n) is 8.60. The lowest BCUT2D eigenvalue weighted by atomic mass is 9.74. The number of likely N-dealkylation sites (tertiary alicyclic amines) is 1. The average Bonchev–Trinajstić information content (AvgIpc) is 3.60. The van der Waals surface area contributed by atoms with Gasteiger partial charge >= 0.3 is 6.09 Å². The third kappa shape index (κ3) is 5.86. The molecule has 2 amide bonds. The van der Waals surface area contributed by atoms with E-state index in [1.165, 1.54) is 10.5 Å².